The van der Waals surface area contributed by atoms with E-state index in [1.807, 2.05) is 0 Å². The fourth-order valence-electron chi connectivity index (χ4n) is 10.4. The van der Waals surface area contributed by atoms with Gasteiger partial charge in [0.25, 0.3) is 0 Å². The number of furan rings is 1. The molecule has 292 valence electrons. The number of benzene rings is 9. The van der Waals surface area contributed by atoms with E-state index in [2.05, 4.69) is 222 Å². The first kappa shape index (κ1) is 34.9. The Kier molecular flexibility index (Phi) is 7.80. The van der Waals surface area contributed by atoms with Gasteiger partial charge in [0, 0.05) is 55.6 Å². The molecule has 0 spiro atoms. The van der Waals surface area contributed by atoms with Crippen molar-refractivity contribution in [3.05, 3.63) is 229 Å². The third kappa shape index (κ3) is 5.38. The first-order valence-corrected chi connectivity index (χ1v) is 21.7. The number of allylic oxidation sites excluding steroid dienone is 4. The summed E-state index contributed by atoms with van der Waals surface area (Å²) in [7, 11) is 0. The predicted octanol–water partition coefficient (Wildman–Crippen LogP) is 16.1. The van der Waals surface area contributed by atoms with Gasteiger partial charge in [-0.2, -0.15) is 0 Å². The van der Waals surface area contributed by atoms with Crippen molar-refractivity contribution < 1.29 is 4.42 Å². The molecule has 0 aliphatic heterocycles. The zero-order valence-corrected chi connectivity index (χ0v) is 34.0. The monoisotopic (exact) mass is 792 g/mol. The number of nitrogens with zero attached hydrogens (tertiary/aromatic N) is 2. The number of aromatic nitrogens is 1. The van der Waals surface area contributed by atoms with Crippen molar-refractivity contribution in [2.24, 2.45) is 0 Å². The van der Waals surface area contributed by atoms with E-state index in [4.69, 9.17) is 4.42 Å². The van der Waals surface area contributed by atoms with E-state index < -0.39 is 0 Å². The van der Waals surface area contributed by atoms with Gasteiger partial charge in [-0.15, -0.1) is 0 Å². The first-order valence-electron chi connectivity index (χ1n) is 21.7. The van der Waals surface area contributed by atoms with Crippen molar-refractivity contribution in [2.45, 2.75) is 18.8 Å². The van der Waals surface area contributed by atoms with Crippen LogP contribution in [0.5, 0.6) is 0 Å². The molecule has 11 aromatic rings. The minimum Gasteiger partial charge on any atom is -0.455 e. The SMILES string of the molecule is C1=CCC(c2ccc(N(c3ccc(-c4cc5c(c6ccccc6n5-c5ccccc5)c5c4ccc4c6ccccc6oc45)cc3)c3ccc4c(c3)Cc3ccccc3-4)cc2)C=C1. The molecule has 1 atom stereocenters. The molecule has 13 rings (SSSR count). The molecule has 0 amide bonds. The van der Waals surface area contributed by atoms with Gasteiger partial charge in [-0.05, 0) is 130 Å². The number of hydrogen-bond donors (Lipinski definition) is 0. The normalized spacial score (nSPS) is 14.4. The van der Waals surface area contributed by atoms with Crippen molar-refractivity contribution >= 4 is 71.6 Å². The number of hydrogen-bond acceptors (Lipinski definition) is 2. The summed E-state index contributed by atoms with van der Waals surface area (Å²) in [5.41, 5.74) is 17.8. The zero-order valence-electron chi connectivity index (χ0n) is 34.0. The van der Waals surface area contributed by atoms with Crippen LogP contribution in [-0.4, -0.2) is 4.57 Å². The summed E-state index contributed by atoms with van der Waals surface area (Å²) in [6.07, 6.45) is 10.9. The smallest absolute Gasteiger partial charge is 0.143 e. The average molecular weight is 793 g/mol. The topological polar surface area (TPSA) is 21.3 Å². The van der Waals surface area contributed by atoms with Gasteiger partial charge in [0.1, 0.15) is 11.2 Å². The second kappa shape index (κ2) is 13.8. The Morgan fingerprint density at radius 1 is 0.484 bits per heavy atom. The van der Waals surface area contributed by atoms with Gasteiger partial charge >= 0.3 is 0 Å². The summed E-state index contributed by atoms with van der Waals surface area (Å²) in [6, 6.07) is 69.1. The Morgan fingerprint density at radius 3 is 2.03 bits per heavy atom. The standard InChI is InChI=1S/C59H40N2O/c1-3-13-38(14-4-1)39-23-27-44(28-24-39)60(46-31-32-48-42(36-46)35-41-15-7-8-18-47(41)48)45-29-25-40(26-30-45)53-37-55-57(52-20-9-11-21-54(52)61(55)43-16-5-2-6-17-43)58-50(53)33-34-51-49-19-10-12-22-56(49)62-59(51)58/h1-13,15-34,36-38H,14,35H2. The van der Waals surface area contributed by atoms with Crippen LogP contribution < -0.4 is 4.90 Å². The molecule has 0 fully saturated rings. The lowest BCUT2D eigenvalue weighted by Crippen LogP contribution is -2.10. The maximum Gasteiger partial charge on any atom is 0.143 e. The highest BCUT2D eigenvalue weighted by Crippen LogP contribution is 2.47. The molecule has 2 aliphatic rings. The van der Waals surface area contributed by atoms with Crippen molar-refractivity contribution in [3.63, 3.8) is 0 Å². The highest BCUT2D eigenvalue weighted by Gasteiger charge is 2.24. The molecular weight excluding hydrogens is 753 g/mol. The van der Waals surface area contributed by atoms with Crippen molar-refractivity contribution in [1.29, 1.82) is 0 Å². The molecule has 0 saturated carbocycles. The van der Waals surface area contributed by atoms with E-state index in [0.29, 0.717) is 5.92 Å². The van der Waals surface area contributed by atoms with Crippen molar-refractivity contribution in [3.8, 4) is 27.9 Å². The summed E-state index contributed by atoms with van der Waals surface area (Å²) in [5, 5.41) is 7.00. The van der Waals surface area contributed by atoms with Crippen LogP contribution in [0.2, 0.25) is 0 Å². The van der Waals surface area contributed by atoms with Crippen molar-refractivity contribution in [1.82, 2.24) is 4.57 Å². The zero-order chi connectivity index (χ0) is 40.7. The number of rotatable bonds is 6. The number of para-hydroxylation sites is 3. The van der Waals surface area contributed by atoms with Gasteiger partial charge in [-0.25, -0.2) is 0 Å². The van der Waals surface area contributed by atoms with Crippen LogP contribution >= 0.6 is 0 Å². The Labute approximate surface area is 359 Å². The average Bonchev–Trinajstić information content (AvgIpc) is 4.02. The molecule has 0 bridgehead atoms. The maximum atomic E-state index is 6.85. The second-order valence-electron chi connectivity index (χ2n) is 16.8. The lowest BCUT2D eigenvalue weighted by Gasteiger charge is -2.27. The summed E-state index contributed by atoms with van der Waals surface area (Å²) in [4.78, 5) is 2.42. The van der Waals surface area contributed by atoms with Crippen molar-refractivity contribution in [2.75, 3.05) is 4.90 Å². The number of anilines is 3. The van der Waals surface area contributed by atoms with Gasteiger partial charge in [-0.3, -0.25) is 0 Å². The summed E-state index contributed by atoms with van der Waals surface area (Å²) in [5.74, 6) is 0.397. The van der Waals surface area contributed by atoms with E-state index in [1.165, 1.54) is 55.1 Å². The molecule has 0 N–H and O–H groups in total. The van der Waals surface area contributed by atoms with Gasteiger partial charge in [-0.1, -0.05) is 140 Å². The Morgan fingerprint density at radius 2 is 1.19 bits per heavy atom. The Balaban J connectivity index is 1.01. The molecule has 0 saturated heterocycles. The largest absolute Gasteiger partial charge is 0.455 e. The van der Waals surface area contributed by atoms with Crippen LogP contribution in [0.1, 0.15) is 29.0 Å². The van der Waals surface area contributed by atoms with Crippen LogP contribution in [0.15, 0.2) is 217 Å². The van der Waals surface area contributed by atoms with Gasteiger partial charge < -0.3 is 13.9 Å². The molecule has 9 aromatic carbocycles. The molecule has 2 aromatic heterocycles. The van der Waals surface area contributed by atoms with Gasteiger partial charge in [0.05, 0.1) is 11.0 Å². The fraction of sp³-hybridized carbons (Fsp3) is 0.0508. The summed E-state index contributed by atoms with van der Waals surface area (Å²) >= 11 is 0. The summed E-state index contributed by atoms with van der Waals surface area (Å²) in [6.45, 7) is 0. The van der Waals surface area contributed by atoms with E-state index in [-0.39, 0.29) is 0 Å². The van der Waals surface area contributed by atoms with Gasteiger partial charge in [0.2, 0.25) is 0 Å². The molecular formula is C59H40N2O. The number of fused-ring (bicyclic) bond motifs is 12. The Bertz CT molecular complexity index is 3620. The third-order valence-electron chi connectivity index (χ3n) is 13.3. The molecule has 1 unspecified atom stereocenters. The van der Waals surface area contributed by atoms with Crippen LogP contribution in [0, 0.1) is 0 Å². The minimum absolute atomic E-state index is 0.397. The summed E-state index contributed by atoms with van der Waals surface area (Å²) < 4.78 is 9.27. The van der Waals surface area contributed by atoms with Gasteiger partial charge in [0.15, 0.2) is 0 Å². The molecule has 3 nitrogen and oxygen atoms in total. The molecule has 0 radical (unpaired) electrons. The van der Waals surface area contributed by atoms with Crippen LogP contribution in [0.4, 0.5) is 17.1 Å². The highest BCUT2D eigenvalue weighted by molar-refractivity contribution is 6.31. The quantitative estimate of drug-likeness (QED) is 0.167. The third-order valence-corrected chi connectivity index (χ3v) is 13.3. The lowest BCUT2D eigenvalue weighted by molar-refractivity contribution is 0.673. The van der Waals surface area contributed by atoms with E-state index >= 15 is 0 Å². The van der Waals surface area contributed by atoms with Crippen LogP contribution in [-0.2, 0) is 6.42 Å². The maximum absolute atomic E-state index is 6.85. The Hall–Kier alpha value is -7.88. The minimum atomic E-state index is 0.397. The second-order valence-corrected chi connectivity index (χ2v) is 16.8. The van der Waals surface area contributed by atoms with E-state index in [0.717, 1.165) is 74.0 Å². The first-order chi connectivity index (χ1) is 30.7. The van der Waals surface area contributed by atoms with E-state index in [9.17, 15) is 0 Å². The molecule has 2 aliphatic carbocycles. The molecule has 3 heteroatoms. The lowest BCUT2D eigenvalue weighted by atomic mass is 9.92. The fourth-order valence-corrected chi connectivity index (χ4v) is 10.4. The van der Waals surface area contributed by atoms with E-state index in [1.54, 1.807) is 0 Å². The van der Waals surface area contributed by atoms with Crippen LogP contribution in [0.3, 0.4) is 0 Å². The predicted molar refractivity (Wildman–Crippen MR) is 260 cm³/mol. The van der Waals surface area contributed by atoms with Crippen LogP contribution in [0.25, 0.3) is 82.5 Å². The molecule has 2 heterocycles. The molecule has 62 heavy (non-hydrogen) atoms. The highest BCUT2D eigenvalue weighted by atomic mass is 16.3.